The van der Waals surface area contributed by atoms with Crippen molar-refractivity contribution in [2.75, 3.05) is 25.1 Å². The molecule has 0 unspecified atom stereocenters. The Morgan fingerprint density at radius 3 is 2.61 bits per heavy atom. The highest BCUT2D eigenvalue weighted by Crippen LogP contribution is 2.35. The number of imidazole rings is 1. The van der Waals surface area contributed by atoms with Crippen LogP contribution in [0.2, 0.25) is 0 Å². The first-order valence-corrected chi connectivity index (χ1v) is 11.5. The van der Waals surface area contributed by atoms with Crippen LogP contribution in [0, 0.1) is 12.9 Å². The van der Waals surface area contributed by atoms with Crippen LogP contribution in [0.3, 0.4) is 0 Å². The van der Waals surface area contributed by atoms with E-state index in [-0.39, 0.29) is 18.2 Å². The summed E-state index contributed by atoms with van der Waals surface area (Å²) < 4.78 is 63.9. The molecule has 2 aromatic heterocycles. The van der Waals surface area contributed by atoms with E-state index in [0.29, 0.717) is 42.0 Å². The van der Waals surface area contributed by atoms with Crippen LogP contribution in [-0.2, 0) is 12.7 Å². The molecule has 1 saturated heterocycles. The number of rotatable bonds is 5. The van der Waals surface area contributed by atoms with Crippen molar-refractivity contribution >= 4 is 16.7 Å². The zero-order valence-electron chi connectivity index (χ0n) is 19.7. The molecule has 4 aromatic rings. The Balaban J connectivity index is 1.61. The van der Waals surface area contributed by atoms with E-state index in [1.54, 1.807) is 35.8 Å². The topological polar surface area (TPSA) is 52.3 Å². The second-order valence-electron chi connectivity index (χ2n) is 8.88. The molecular weight excluding hydrogens is 476 g/mol. The average Bonchev–Trinajstić information content (AvgIpc) is 3.41. The second-order valence-corrected chi connectivity index (χ2v) is 8.88. The fourth-order valence-corrected chi connectivity index (χ4v) is 5.13. The first kappa shape index (κ1) is 23.9. The number of methoxy groups -OCH3 is 1. The summed E-state index contributed by atoms with van der Waals surface area (Å²) in [5.41, 5.74) is 0.863. The van der Waals surface area contributed by atoms with Crippen molar-refractivity contribution in [2.45, 2.75) is 32.1 Å². The number of pyridine rings is 1. The molecule has 0 saturated carbocycles. The highest BCUT2D eigenvalue weighted by molar-refractivity contribution is 5.83. The Morgan fingerprint density at radius 2 is 1.89 bits per heavy atom. The number of aryl methyl sites for hydroxylation is 1. The Bertz CT molecular complexity index is 1470. The summed E-state index contributed by atoms with van der Waals surface area (Å²) in [6.45, 7) is 2.40. The predicted molar refractivity (Wildman–Crippen MR) is 128 cm³/mol. The lowest BCUT2D eigenvalue weighted by molar-refractivity contribution is -0.138. The number of para-hydroxylation sites is 1. The third kappa shape index (κ3) is 4.00. The Kier molecular flexibility index (Phi) is 5.97. The zero-order valence-corrected chi connectivity index (χ0v) is 19.7. The smallest absolute Gasteiger partial charge is 0.416 e. The summed E-state index contributed by atoms with van der Waals surface area (Å²) in [5, 5.41) is 0. The molecule has 6 nitrogen and oxygen atoms in total. The molecule has 0 bridgehead atoms. The molecule has 0 spiro atoms. The number of hydrogen-bond acceptors (Lipinski definition) is 4. The van der Waals surface area contributed by atoms with Gasteiger partial charge in [-0.15, -0.1) is 0 Å². The Morgan fingerprint density at radius 1 is 1.11 bits per heavy atom. The fourth-order valence-electron chi connectivity index (χ4n) is 5.13. The molecule has 1 fully saturated rings. The van der Waals surface area contributed by atoms with Crippen molar-refractivity contribution < 1.29 is 22.3 Å². The number of hydrogen-bond donors (Lipinski definition) is 0. The van der Waals surface area contributed by atoms with Gasteiger partial charge in [-0.1, -0.05) is 24.3 Å². The number of alkyl halides is 3. The fraction of sp³-hybridized carbons (Fsp3) is 0.308. The molecule has 1 aliphatic heterocycles. The van der Waals surface area contributed by atoms with Gasteiger partial charge < -0.3 is 9.64 Å². The minimum atomic E-state index is -4.56. The van der Waals surface area contributed by atoms with E-state index in [4.69, 9.17) is 4.74 Å². The largest absolute Gasteiger partial charge is 0.494 e. The summed E-state index contributed by atoms with van der Waals surface area (Å²) in [5.74, 6) is -0.187. The third-order valence-electron chi connectivity index (χ3n) is 6.74. The number of ether oxygens (including phenoxy) is 1. The van der Waals surface area contributed by atoms with Crippen LogP contribution in [0.15, 0.2) is 59.5 Å². The van der Waals surface area contributed by atoms with E-state index in [9.17, 15) is 22.4 Å². The first-order valence-electron chi connectivity index (χ1n) is 11.5. The predicted octanol–water partition coefficient (Wildman–Crippen LogP) is 5.17. The average molecular weight is 500 g/mol. The summed E-state index contributed by atoms with van der Waals surface area (Å²) in [7, 11) is 1.45. The lowest BCUT2D eigenvalue weighted by Crippen LogP contribution is -2.30. The number of nitrogens with zero attached hydrogens (tertiary/aromatic N) is 4. The molecule has 10 heteroatoms. The molecular formula is C26H24F4N4O2. The van der Waals surface area contributed by atoms with Crippen molar-refractivity contribution in [2.24, 2.45) is 0 Å². The number of fused-ring (bicyclic) bond motifs is 1. The lowest BCUT2D eigenvalue weighted by atomic mass is 10.1. The standard InChI is InChI=1S/C26H24F4N4O2/c1-16-10-12-31-24(27)22(16)32-13-11-18(15-32)34-20-8-5-9-21(36-2)23(20)33(25(34)35)14-17-6-3-4-7-19(17)26(28,29)30/h3-10,12,18H,11,13-15H2,1-2H3/t18-/m1/s1. The van der Waals surface area contributed by atoms with Gasteiger partial charge in [-0.3, -0.25) is 9.13 Å². The van der Waals surface area contributed by atoms with Gasteiger partial charge in [-0.25, -0.2) is 9.78 Å². The molecule has 36 heavy (non-hydrogen) atoms. The van der Waals surface area contributed by atoms with Crippen LogP contribution in [0.5, 0.6) is 5.75 Å². The summed E-state index contributed by atoms with van der Waals surface area (Å²) in [6, 6.07) is 11.8. The van der Waals surface area contributed by atoms with Gasteiger partial charge in [0.15, 0.2) is 0 Å². The maximum Gasteiger partial charge on any atom is 0.416 e. The van der Waals surface area contributed by atoms with E-state index in [1.807, 2.05) is 4.90 Å². The lowest BCUT2D eigenvalue weighted by Gasteiger charge is -2.21. The van der Waals surface area contributed by atoms with Gasteiger partial charge in [-0.05, 0) is 48.7 Å². The van der Waals surface area contributed by atoms with Crippen LogP contribution >= 0.6 is 0 Å². The summed E-state index contributed by atoms with van der Waals surface area (Å²) in [6.07, 6.45) is -2.59. The quantitative estimate of drug-likeness (QED) is 0.280. The van der Waals surface area contributed by atoms with Gasteiger partial charge in [0.2, 0.25) is 5.95 Å². The van der Waals surface area contributed by atoms with Crippen molar-refractivity contribution in [1.29, 1.82) is 0 Å². The van der Waals surface area contributed by atoms with Gasteiger partial charge >= 0.3 is 11.9 Å². The number of aromatic nitrogens is 3. The van der Waals surface area contributed by atoms with Crippen LogP contribution in [0.1, 0.15) is 29.2 Å². The molecule has 188 valence electrons. The van der Waals surface area contributed by atoms with E-state index < -0.39 is 23.4 Å². The molecule has 0 aliphatic carbocycles. The molecule has 2 aromatic carbocycles. The summed E-state index contributed by atoms with van der Waals surface area (Å²) >= 11 is 0. The normalized spacial score (nSPS) is 16.2. The number of anilines is 1. The van der Waals surface area contributed by atoms with E-state index in [2.05, 4.69) is 4.98 Å². The van der Waals surface area contributed by atoms with Crippen molar-refractivity contribution in [1.82, 2.24) is 14.1 Å². The third-order valence-corrected chi connectivity index (χ3v) is 6.74. The number of benzene rings is 2. The molecule has 0 N–H and O–H groups in total. The highest BCUT2D eigenvalue weighted by atomic mass is 19.4. The molecule has 5 rings (SSSR count). The Labute approximate surface area is 204 Å². The molecule has 1 aliphatic rings. The Hall–Kier alpha value is -3.82. The summed E-state index contributed by atoms with van der Waals surface area (Å²) in [4.78, 5) is 19.4. The van der Waals surface area contributed by atoms with Gasteiger partial charge in [0, 0.05) is 19.3 Å². The van der Waals surface area contributed by atoms with Crippen molar-refractivity contribution in [3.8, 4) is 5.75 Å². The van der Waals surface area contributed by atoms with Gasteiger partial charge in [-0.2, -0.15) is 17.6 Å². The molecule has 0 radical (unpaired) electrons. The van der Waals surface area contributed by atoms with Gasteiger partial charge in [0.05, 0.1) is 36.5 Å². The van der Waals surface area contributed by atoms with Crippen molar-refractivity contribution in [3.63, 3.8) is 0 Å². The molecule has 1 atom stereocenters. The second kappa shape index (κ2) is 9.00. The maximum absolute atomic E-state index is 14.5. The molecule has 0 amide bonds. The number of halogens is 4. The first-order chi connectivity index (χ1) is 17.2. The van der Waals surface area contributed by atoms with Gasteiger partial charge in [0.25, 0.3) is 0 Å². The molecule has 3 heterocycles. The van der Waals surface area contributed by atoms with Crippen LogP contribution in [0.4, 0.5) is 23.2 Å². The van der Waals surface area contributed by atoms with Crippen LogP contribution in [-0.4, -0.2) is 34.3 Å². The van der Waals surface area contributed by atoms with E-state index in [0.717, 1.165) is 11.6 Å². The van der Waals surface area contributed by atoms with Crippen LogP contribution < -0.4 is 15.3 Å². The van der Waals surface area contributed by atoms with E-state index in [1.165, 1.54) is 36.1 Å². The monoisotopic (exact) mass is 500 g/mol. The van der Waals surface area contributed by atoms with Crippen LogP contribution in [0.25, 0.3) is 11.0 Å². The van der Waals surface area contributed by atoms with E-state index >= 15 is 0 Å². The minimum absolute atomic E-state index is 0.0156. The van der Waals surface area contributed by atoms with Gasteiger partial charge in [0.1, 0.15) is 11.3 Å². The minimum Gasteiger partial charge on any atom is -0.494 e. The zero-order chi connectivity index (χ0) is 25.6. The SMILES string of the molecule is COc1cccc2c1n(Cc1ccccc1C(F)(F)F)c(=O)n2[C@@H]1CCN(c2c(C)ccnc2F)C1. The van der Waals surface area contributed by atoms with Crippen molar-refractivity contribution in [3.05, 3.63) is 87.9 Å². The maximum atomic E-state index is 14.5. The highest BCUT2D eigenvalue weighted by Gasteiger charge is 2.34.